The van der Waals surface area contributed by atoms with Crippen molar-refractivity contribution in [3.8, 4) is 11.5 Å². The second-order valence-electron chi connectivity index (χ2n) is 5.90. The first-order chi connectivity index (χ1) is 9.85. The molecule has 0 unspecified atom stereocenters. The Morgan fingerprint density at radius 3 is 2.48 bits per heavy atom. The lowest BCUT2D eigenvalue weighted by atomic mass is 10.1. The van der Waals surface area contributed by atoms with E-state index in [2.05, 4.69) is 10.6 Å². The number of benzene rings is 1. The van der Waals surface area contributed by atoms with Crippen molar-refractivity contribution in [1.82, 2.24) is 10.6 Å². The molecule has 0 fully saturated rings. The Kier molecular flexibility index (Phi) is 6.49. The molecule has 1 aromatic rings. The fourth-order valence-corrected chi connectivity index (χ4v) is 1.93. The van der Waals surface area contributed by atoms with Crippen molar-refractivity contribution in [2.45, 2.75) is 39.3 Å². The normalized spacial score (nSPS) is 11.1. The maximum Gasteiger partial charge on any atom is 0.221 e. The van der Waals surface area contributed by atoms with Gasteiger partial charge in [-0.2, -0.15) is 0 Å². The van der Waals surface area contributed by atoms with E-state index in [-0.39, 0.29) is 11.4 Å². The third-order valence-electron chi connectivity index (χ3n) is 2.85. The van der Waals surface area contributed by atoms with Gasteiger partial charge in [0.05, 0.1) is 14.2 Å². The van der Waals surface area contributed by atoms with Crippen LogP contribution >= 0.6 is 0 Å². The number of carbonyl (C=O) groups excluding carboxylic acids is 1. The summed E-state index contributed by atoms with van der Waals surface area (Å²) in [6, 6.07) is 5.67. The fourth-order valence-electron chi connectivity index (χ4n) is 1.93. The van der Waals surface area contributed by atoms with Gasteiger partial charge in [0.15, 0.2) is 0 Å². The van der Waals surface area contributed by atoms with E-state index >= 15 is 0 Å². The summed E-state index contributed by atoms with van der Waals surface area (Å²) in [7, 11) is 3.28. The Labute approximate surface area is 127 Å². The number of methoxy groups -OCH3 is 2. The Morgan fingerprint density at radius 1 is 1.19 bits per heavy atom. The van der Waals surface area contributed by atoms with Crippen LogP contribution in [0.5, 0.6) is 11.5 Å². The number of ether oxygens (including phenoxy) is 2. The molecular formula is C16H26N2O3. The van der Waals surface area contributed by atoms with Crippen molar-refractivity contribution in [2.24, 2.45) is 0 Å². The number of nitrogens with one attached hydrogen (secondary N) is 2. The highest BCUT2D eigenvalue weighted by Crippen LogP contribution is 2.23. The van der Waals surface area contributed by atoms with Gasteiger partial charge in [0.25, 0.3) is 0 Å². The van der Waals surface area contributed by atoms with Gasteiger partial charge in [-0.3, -0.25) is 4.79 Å². The van der Waals surface area contributed by atoms with Gasteiger partial charge in [0, 0.05) is 30.6 Å². The number of hydrogen-bond donors (Lipinski definition) is 2. The fraction of sp³-hybridized carbons (Fsp3) is 0.562. The monoisotopic (exact) mass is 294 g/mol. The van der Waals surface area contributed by atoms with E-state index in [0.29, 0.717) is 19.5 Å². The molecule has 2 N–H and O–H groups in total. The summed E-state index contributed by atoms with van der Waals surface area (Å²) in [5.41, 5.74) is 0.820. The average molecular weight is 294 g/mol. The molecule has 1 amide bonds. The second-order valence-corrected chi connectivity index (χ2v) is 5.90. The quantitative estimate of drug-likeness (QED) is 0.756. The van der Waals surface area contributed by atoms with E-state index in [1.807, 2.05) is 39.0 Å². The first kappa shape index (κ1) is 17.3. The van der Waals surface area contributed by atoms with Gasteiger partial charge in [-0.05, 0) is 39.0 Å². The van der Waals surface area contributed by atoms with Gasteiger partial charge in [0.2, 0.25) is 5.91 Å². The average Bonchev–Trinajstić information content (AvgIpc) is 2.41. The van der Waals surface area contributed by atoms with Gasteiger partial charge in [-0.1, -0.05) is 0 Å². The molecule has 0 saturated carbocycles. The van der Waals surface area contributed by atoms with Crippen LogP contribution in [-0.2, 0) is 11.3 Å². The number of carbonyl (C=O) groups is 1. The molecule has 0 aliphatic carbocycles. The first-order valence-corrected chi connectivity index (χ1v) is 7.08. The molecule has 5 heteroatoms. The molecule has 0 aliphatic rings. The van der Waals surface area contributed by atoms with Crippen molar-refractivity contribution >= 4 is 5.91 Å². The summed E-state index contributed by atoms with van der Waals surface area (Å²) < 4.78 is 10.5. The van der Waals surface area contributed by atoms with Gasteiger partial charge in [-0.15, -0.1) is 0 Å². The lowest BCUT2D eigenvalue weighted by Gasteiger charge is -2.20. The molecule has 5 nitrogen and oxygen atoms in total. The maximum atomic E-state index is 11.7. The zero-order valence-corrected chi connectivity index (χ0v) is 13.6. The summed E-state index contributed by atoms with van der Waals surface area (Å²) in [6.07, 6.45) is 0.448. The van der Waals surface area contributed by atoms with E-state index in [9.17, 15) is 4.79 Å². The Hall–Kier alpha value is -1.75. The van der Waals surface area contributed by atoms with Crippen LogP contribution in [0.4, 0.5) is 0 Å². The second kappa shape index (κ2) is 7.88. The van der Waals surface area contributed by atoms with Crippen LogP contribution < -0.4 is 20.1 Å². The Morgan fingerprint density at radius 2 is 1.90 bits per heavy atom. The lowest BCUT2D eigenvalue weighted by Crippen LogP contribution is -2.41. The zero-order chi connectivity index (χ0) is 15.9. The molecule has 118 valence electrons. The lowest BCUT2D eigenvalue weighted by molar-refractivity contribution is -0.122. The number of rotatable bonds is 7. The molecule has 1 aromatic carbocycles. The van der Waals surface area contributed by atoms with Crippen LogP contribution in [0.1, 0.15) is 32.8 Å². The smallest absolute Gasteiger partial charge is 0.221 e. The molecule has 0 radical (unpaired) electrons. The highest BCUT2D eigenvalue weighted by atomic mass is 16.5. The molecule has 0 heterocycles. The van der Waals surface area contributed by atoms with E-state index in [4.69, 9.17) is 9.47 Å². The molecule has 1 rings (SSSR count). The third-order valence-corrected chi connectivity index (χ3v) is 2.85. The van der Waals surface area contributed by atoms with E-state index in [0.717, 1.165) is 17.1 Å². The first-order valence-electron chi connectivity index (χ1n) is 7.08. The zero-order valence-electron chi connectivity index (χ0n) is 13.6. The predicted octanol–water partition coefficient (Wildman–Crippen LogP) is 2.10. The molecular weight excluding hydrogens is 268 g/mol. The molecule has 0 spiro atoms. The standard InChI is InChI=1S/C16H26N2O3/c1-16(2,3)18-15(19)8-9-17-11-12-10-13(20-4)6-7-14(12)21-5/h6-7,10,17H,8-9,11H2,1-5H3,(H,18,19). The molecule has 0 aliphatic heterocycles. The number of hydrogen-bond acceptors (Lipinski definition) is 4. The SMILES string of the molecule is COc1ccc(OC)c(CNCCC(=O)NC(C)(C)C)c1. The summed E-state index contributed by atoms with van der Waals surface area (Å²) in [5.74, 6) is 1.65. The summed E-state index contributed by atoms with van der Waals surface area (Å²) >= 11 is 0. The van der Waals surface area contributed by atoms with Crippen molar-refractivity contribution in [1.29, 1.82) is 0 Å². The van der Waals surface area contributed by atoms with Crippen LogP contribution in [0.25, 0.3) is 0 Å². The van der Waals surface area contributed by atoms with Gasteiger partial charge < -0.3 is 20.1 Å². The Balaban J connectivity index is 2.43. The predicted molar refractivity (Wildman–Crippen MR) is 83.8 cm³/mol. The van der Waals surface area contributed by atoms with Crippen LogP contribution in [-0.4, -0.2) is 32.2 Å². The molecule has 0 saturated heterocycles. The van der Waals surface area contributed by atoms with E-state index in [1.54, 1.807) is 14.2 Å². The van der Waals surface area contributed by atoms with Crippen molar-refractivity contribution in [3.05, 3.63) is 23.8 Å². The summed E-state index contributed by atoms with van der Waals surface area (Å²) in [5, 5.41) is 6.18. The van der Waals surface area contributed by atoms with Crippen LogP contribution in [0.2, 0.25) is 0 Å². The van der Waals surface area contributed by atoms with Gasteiger partial charge in [-0.25, -0.2) is 0 Å². The van der Waals surface area contributed by atoms with Gasteiger partial charge in [0.1, 0.15) is 11.5 Å². The third kappa shape index (κ3) is 6.49. The largest absolute Gasteiger partial charge is 0.497 e. The minimum absolute atomic E-state index is 0.0487. The van der Waals surface area contributed by atoms with Crippen LogP contribution in [0.3, 0.4) is 0 Å². The molecule has 21 heavy (non-hydrogen) atoms. The summed E-state index contributed by atoms with van der Waals surface area (Å²) in [4.78, 5) is 11.7. The highest BCUT2D eigenvalue weighted by Gasteiger charge is 2.13. The van der Waals surface area contributed by atoms with Crippen molar-refractivity contribution < 1.29 is 14.3 Å². The molecule has 0 bridgehead atoms. The minimum Gasteiger partial charge on any atom is -0.497 e. The van der Waals surface area contributed by atoms with Crippen molar-refractivity contribution in [3.63, 3.8) is 0 Å². The molecule has 0 atom stereocenters. The van der Waals surface area contributed by atoms with Gasteiger partial charge >= 0.3 is 0 Å². The maximum absolute atomic E-state index is 11.7. The van der Waals surface area contributed by atoms with Crippen molar-refractivity contribution in [2.75, 3.05) is 20.8 Å². The van der Waals surface area contributed by atoms with E-state index in [1.165, 1.54) is 0 Å². The summed E-state index contributed by atoms with van der Waals surface area (Å²) in [6.45, 7) is 7.16. The van der Waals surface area contributed by atoms with Crippen LogP contribution in [0.15, 0.2) is 18.2 Å². The number of amides is 1. The highest BCUT2D eigenvalue weighted by molar-refractivity contribution is 5.76. The van der Waals surface area contributed by atoms with Crippen LogP contribution in [0, 0.1) is 0 Å². The molecule has 0 aromatic heterocycles. The topological polar surface area (TPSA) is 59.6 Å². The van der Waals surface area contributed by atoms with E-state index < -0.39 is 0 Å². The minimum atomic E-state index is -0.187. The Bertz CT molecular complexity index is 467.